The zero-order chi connectivity index (χ0) is 22.2. The molecule has 0 bridgehead atoms. The quantitative estimate of drug-likeness (QED) is 0.540. The van der Waals surface area contributed by atoms with Crippen LogP contribution in [0.3, 0.4) is 0 Å². The Hall–Kier alpha value is -2.67. The molecular formula is C25H30ClN5O. The van der Waals surface area contributed by atoms with Crippen molar-refractivity contribution >= 4 is 17.5 Å². The molecule has 7 heteroatoms. The number of piperazine rings is 1. The van der Waals surface area contributed by atoms with Crippen molar-refractivity contribution < 1.29 is 4.79 Å². The number of nitrogens with one attached hydrogen (secondary N) is 1. The summed E-state index contributed by atoms with van der Waals surface area (Å²) in [4.78, 5) is 21.5. The minimum absolute atomic E-state index is 0.0825. The van der Waals surface area contributed by atoms with Crippen molar-refractivity contribution in [2.75, 3.05) is 39.3 Å². The molecule has 1 fully saturated rings. The third-order valence-electron chi connectivity index (χ3n) is 5.90. The van der Waals surface area contributed by atoms with Gasteiger partial charge in [-0.2, -0.15) is 0 Å². The van der Waals surface area contributed by atoms with Crippen molar-refractivity contribution in [1.82, 2.24) is 24.7 Å². The first-order valence-corrected chi connectivity index (χ1v) is 11.6. The van der Waals surface area contributed by atoms with E-state index in [-0.39, 0.29) is 5.91 Å². The monoisotopic (exact) mass is 451 g/mol. The van der Waals surface area contributed by atoms with Gasteiger partial charge in [0.1, 0.15) is 0 Å². The molecule has 1 aliphatic rings. The lowest BCUT2D eigenvalue weighted by atomic mass is 10.2. The SMILES string of the molecule is O=C(CCn1cncc1-c1ccccc1)NCCN1CCN(Cc2ccc(Cl)cc2)CC1. The van der Waals surface area contributed by atoms with Gasteiger partial charge in [-0.1, -0.05) is 54.1 Å². The second-order valence-corrected chi connectivity index (χ2v) is 8.62. The second kappa shape index (κ2) is 11.3. The van der Waals surface area contributed by atoms with Crippen LogP contribution in [-0.4, -0.2) is 64.5 Å². The number of aryl methyl sites for hydroxylation is 1. The summed E-state index contributed by atoms with van der Waals surface area (Å²) in [7, 11) is 0. The van der Waals surface area contributed by atoms with Crippen LogP contribution < -0.4 is 5.32 Å². The van der Waals surface area contributed by atoms with E-state index in [1.165, 1.54) is 5.56 Å². The van der Waals surface area contributed by atoms with E-state index >= 15 is 0 Å². The number of carbonyl (C=O) groups is 1. The smallest absolute Gasteiger partial charge is 0.221 e. The molecule has 0 spiro atoms. The number of benzene rings is 2. The van der Waals surface area contributed by atoms with E-state index in [1.807, 2.05) is 41.1 Å². The van der Waals surface area contributed by atoms with Crippen LogP contribution >= 0.6 is 11.6 Å². The summed E-state index contributed by atoms with van der Waals surface area (Å²) in [5.41, 5.74) is 3.44. The molecule has 0 unspecified atom stereocenters. The Morgan fingerprint density at radius 3 is 2.41 bits per heavy atom. The molecule has 0 saturated carbocycles. The zero-order valence-corrected chi connectivity index (χ0v) is 19.0. The number of rotatable bonds is 9. The van der Waals surface area contributed by atoms with Crippen molar-refractivity contribution in [3.63, 3.8) is 0 Å². The predicted molar refractivity (Wildman–Crippen MR) is 128 cm³/mol. The largest absolute Gasteiger partial charge is 0.355 e. The van der Waals surface area contributed by atoms with E-state index in [1.54, 1.807) is 6.33 Å². The standard InChI is InChI=1S/C25H30ClN5O/c26-23-8-6-21(7-9-23)19-30-16-14-29(15-17-30)13-11-28-25(32)10-12-31-20-27-18-24(31)22-4-2-1-3-5-22/h1-9,18,20H,10-17,19H2,(H,28,32). The van der Waals surface area contributed by atoms with Gasteiger partial charge in [0.05, 0.1) is 18.2 Å². The molecule has 0 atom stereocenters. The normalized spacial score (nSPS) is 15.0. The molecule has 3 aromatic rings. The van der Waals surface area contributed by atoms with Gasteiger partial charge in [-0.15, -0.1) is 0 Å². The lowest BCUT2D eigenvalue weighted by molar-refractivity contribution is -0.121. The minimum Gasteiger partial charge on any atom is -0.355 e. The zero-order valence-electron chi connectivity index (χ0n) is 18.3. The third kappa shape index (κ3) is 6.42. The van der Waals surface area contributed by atoms with Crippen LogP contribution in [0, 0.1) is 0 Å². The molecule has 32 heavy (non-hydrogen) atoms. The van der Waals surface area contributed by atoms with Crippen molar-refractivity contribution in [3.05, 3.63) is 77.7 Å². The van der Waals surface area contributed by atoms with Gasteiger partial charge in [0.15, 0.2) is 0 Å². The van der Waals surface area contributed by atoms with Crippen LogP contribution in [0.4, 0.5) is 0 Å². The van der Waals surface area contributed by atoms with Crippen molar-refractivity contribution in [2.24, 2.45) is 0 Å². The second-order valence-electron chi connectivity index (χ2n) is 8.18. The predicted octanol–water partition coefficient (Wildman–Crippen LogP) is 3.53. The molecule has 1 N–H and O–H groups in total. The third-order valence-corrected chi connectivity index (χ3v) is 6.15. The number of hydrogen-bond donors (Lipinski definition) is 1. The molecule has 2 aromatic carbocycles. The van der Waals surface area contributed by atoms with Crippen LogP contribution in [0.25, 0.3) is 11.3 Å². The molecule has 4 rings (SSSR count). The van der Waals surface area contributed by atoms with E-state index in [9.17, 15) is 4.79 Å². The maximum atomic E-state index is 12.3. The van der Waals surface area contributed by atoms with Crippen LogP contribution in [0.2, 0.25) is 5.02 Å². The van der Waals surface area contributed by atoms with Crippen molar-refractivity contribution in [1.29, 1.82) is 0 Å². The highest BCUT2D eigenvalue weighted by Crippen LogP contribution is 2.18. The van der Waals surface area contributed by atoms with Gasteiger partial charge in [-0.3, -0.25) is 14.6 Å². The Bertz CT molecular complexity index is 981. The summed E-state index contributed by atoms with van der Waals surface area (Å²) in [6, 6.07) is 18.2. The summed E-state index contributed by atoms with van der Waals surface area (Å²) < 4.78 is 2.04. The fourth-order valence-corrected chi connectivity index (χ4v) is 4.16. The van der Waals surface area contributed by atoms with E-state index in [0.29, 0.717) is 19.5 Å². The first kappa shape index (κ1) is 22.5. The molecule has 168 valence electrons. The molecule has 6 nitrogen and oxygen atoms in total. The van der Waals surface area contributed by atoms with E-state index in [0.717, 1.165) is 55.5 Å². The topological polar surface area (TPSA) is 53.4 Å². The Morgan fingerprint density at radius 2 is 1.66 bits per heavy atom. The van der Waals surface area contributed by atoms with Gasteiger partial charge < -0.3 is 9.88 Å². The molecule has 0 radical (unpaired) electrons. The van der Waals surface area contributed by atoms with Gasteiger partial charge in [0.25, 0.3) is 0 Å². The summed E-state index contributed by atoms with van der Waals surface area (Å²) in [6.45, 7) is 7.30. The van der Waals surface area contributed by atoms with E-state index < -0.39 is 0 Å². The molecule has 0 aliphatic carbocycles. The van der Waals surface area contributed by atoms with Crippen LogP contribution in [0.5, 0.6) is 0 Å². The fraction of sp³-hybridized carbons (Fsp3) is 0.360. The summed E-state index contributed by atoms with van der Waals surface area (Å²) in [5, 5.41) is 3.85. The Morgan fingerprint density at radius 1 is 0.938 bits per heavy atom. The van der Waals surface area contributed by atoms with Crippen LogP contribution in [0.15, 0.2) is 67.1 Å². The van der Waals surface area contributed by atoms with Crippen molar-refractivity contribution in [3.8, 4) is 11.3 Å². The fourth-order valence-electron chi connectivity index (χ4n) is 4.03. The van der Waals surface area contributed by atoms with E-state index in [4.69, 9.17) is 11.6 Å². The molecular weight excluding hydrogens is 422 g/mol. The molecule has 2 heterocycles. The van der Waals surface area contributed by atoms with Gasteiger partial charge in [0.2, 0.25) is 5.91 Å². The average molecular weight is 452 g/mol. The number of aromatic nitrogens is 2. The number of hydrogen-bond acceptors (Lipinski definition) is 4. The lowest BCUT2D eigenvalue weighted by Crippen LogP contribution is -2.48. The lowest BCUT2D eigenvalue weighted by Gasteiger charge is -2.34. The number of nitrogens with zero attached hydrogens (tertiary/aromatic N) is 4. The van der Waals surface area contributed by atoms with Gasteiger partial charge >= 0.3 is 0 Å². The van der Waals surface area contributed by atoms with Gasteiger partial charge in [0, 0.05) is 63.8 Å². The molecule has 1 aromatic heterocycles. The number of halogens is 1. The highest BCUT2D eigenvalue weighted by Gasteiger charge is 2.17. The van der Waals surface area contributed by atoms with Gasteiger partial charge in [-0.25, -0.2) is 4.98 Å². The number of imidazole rings is 1. The molecule has 1 saturated heterocycles. The first-order chi connectivity index (χ1) is 15.7. The molecule has 1 aliphatic heterocycles. The van der Waals surface area contributed by atoms with Crippen LogP contribution in [0.1, 0.15) is 12.0 Å². The maximum absolute atomic E-state index is 12.3. The Kier molecular flexibility index (Phi) is 7.93. The van der Waals surface area contributed by atoms with Crippen molar-refractivity contribution in [2.45, 2.75) is 19.5 Å². The van der Waals surface area contributed by atoms with Gasteiger partial charge in [-0.05, 0) is 23.3 Å². The highest BCUT2D eigenvalue weighted by atomic mass is 35.5. The maximum Gasteiger partial charge on any atom is 0.221 e. The summed E-state index contributed by atoms with van der Waals surface area (Å²) in [6.07, 6.45) is 4.09. The average Bonchev–Trinajstić information content (AvgIpc) is 3.30. The van der Waals surface area contributed by atoms with Crippen LogP contribution in [-0.2, 0) is 17.9 Å². The first-order valence-electron chi connectivity index (χ1n) is 11.2. The molecule has 1 amide bonds. The Balaban J connectivity index is 1.13. The Labute approximate surface area is 194 Å². The number of carbonyl (C=O) groups excluding carboxylic acids is 1. The van der Waals surface area contributed by atoms with E-state index in [2.05, 4.69) is 44.4 Å². The summed E-state index contributed by atoms with van der Waals surface area (Å²) >= 11 is 5.97. The summed E-state index contributed by atoms with van der Waals surface area (Å²) in [5.74, 6) is 0.0825. The minimum atomic E-state index is 0.0825. The highest BCUT2D eigenvalue weighted by molar-refractivity contribution is 6.30. The number of amides is 1.